The van der Waals surface area contributed by atoms with Gasteiger partial charge in [0.05, 0.1) is 7.11 Å². The highest BCUT2D eigenvalue weighted by atomic mass is 16.5. The summed E-state index contributed by atoms with van der Waals surface area (Å²) in [6, 6.07) is 9.73. The zero-order chi connectivity index (χ0) is 10.2. The van der Waals surface area contributed by atoms with Gasteiger partial charge < -0.3 is 4.74 Å². The highest BCUT2D eigenvalue weighted by molar-refractivity contribution is 5.88. The van der Waals surface area contributed by atoms with Crippen molar-refractivity contribution in [3.8, 4) is 11.8 Å². The van der Waals surface area contributed by atoms with Crippen LogP contribution in [0.1, 0.15) is 5.56 Å². The van der Waals surface area contributed by atoms with E-state index in [1.165, 1.54) is 7.11 Å². The minimum Gasteiger partial charge on any atom is -0.459 e. The summed E-state index contributed by atoms with van der Waals surface area (Å²) in [6.45, 7) is 0. The van der Waals surface area contributed by atoms with Crippen LogP contribution in [-0.4, -0.2) is 13.1 Å². The third-order valence-corrected chi connectivity index (χ3v) is 1.52. The van der Waals surface area contributed by atoms with Crippen LogP contribution in [0.3, 0.4) is 0 Å². The van der Waals surface area contributed by atoms with Crippen molar-refractivity contribution in [3.05, 3.63) is 42.0 Å². The normalized spacial score (nSPS) is 9.21. The molecule has 1 aromatic rings. The Balaban J connectivity index is 2.56. The van der Waals surface area contributed by atoms with Crippen molar-refractivity contribution >= 4 is 12.0 Å². The molecule has 0 aliphatic heterocycles. The molecule has 0 spiro atoms. The number of hydrogen-bond acceptors (Lipinski definition) is 2. The van der Waals surface area contributed by atoms with Gasteiger partial charge in [-0.2, -0.15) is 0 Å². The molecule has 0 aliphatic carbocycles. The van der Waals surface area contributed by atoms with Crippen LogP contribution in [0.5, 0.6) is 0 Å². The average Bonchev–Trinajstić information content (AvgIpc) is 2.25. The third-order valence-electron chi connectivity index (χ3n) is 1.52. The van der Waals surface area contributed by atoms with Gasteiger partial charge in [0.1, 0.15) is 0 Å². The van der Waals surface area contributed by atoms with Gasteiger partial charge in [0, 0.05) is 5.92 Å². The van der Waals surface area contributed by atoms with Crippen LogP contribution in [-0.2, 0) is 9.53 Å². The van der Waals surface area contributed by atoms with E-state index in [1.807, 2.05) is 36.4 Å². The van der Waals surface area contributed by atoms with Gasteiger partial charge in [0.25, 0.3) is 0 Å². The Morgan fingerprint density at radius 2 is 2.07 bits per heavy atom. The van der Waals surface area contributed by atoms with Crippen LogP contribution in [0, 0.1) is 11.8 Å². The predicted octanol–water partition coefficient (Wildman–Crippen LogP) is 1.88. The van der Waals surface area contributed by atoms with Gasteiger partial charge in [-0.3, -0.25) is 0 Å². The number of carbonyl (C=O) groups is 1. The Morgan fingerprint density at radius 3 is 2.71 bits per heavy atom. The first-order valence-corrected chi connectivity index (χ1v) is 4.14. The van der Waals surface area contributed by atoms with Crippen molar-refractivity contribution in [2.45, 2.75) is 0 Å². The van der Waals surface area contributed by atoms with Crippen molar-refractivity contribution in [2.24, 2.45) is 0 Å². The molecule has 70 valence electrons. The van der Waals surface area contributed by atoms with Crippen molar-refractivity contribution in [1.82, 2.24) is 0 Å². The summed E-state index contributed by atoms with van der Waals surface area (Å²) < 4.78 is 4.36. The summed E-state index contributed by atoms with van der Waals surface area (Å²) in [5, 5.41) is 0. The standard InChI is InChI=1S/C12H10O2/c1-14-12(13)10-6-5-9-11-7-3-2-4-8-11/h2-5,7-9H,1H3/b9-5-. The first-order valence-electron chi connectivity index (χ1n) is 4.14. The van der Waals surface area contributed by atoms with Crippen molar-refractivity contribution in [2.75, 3.05) is 7.11 Å². The fraction of sp³-hybridized carbons (Fsp3) is 0.0833. The molecule has 0 fully saturated rings. The topological polar surface area (TPSA) is 26.3 Å². The van der Waals surface area contributed by atoms with Crippen LogP contribution in [0.2, 0.25) is 0 Å². The maximum atomic E-state index is 10.6. The fourth-order valence-electron chi connectivity index (χ4n) is 0.854. The molecule has 0 amide bonds. The van der Waals surface area contributed by atoms with E-state index < -0.39 is 5.97 Å². The monoisotopic (exact) mass is 186 g/mol. The number of allylic oxidation sites excluding steroid dienone is 1. The molecular formula is C12H10O2. The largest absolute Gasteiger partial charge is 0.459 e. The van der Waals surface area contributed by atoms with E-state index in [0.29, 0.717) is 0 Å². The lowest BCUT2D eigenvalue weighted by molar-refractivity contribution is -0.133. The van der Waals surface area contributed by atoms with E-state index >= 15 is 0 Å². The lowest BCUT2D eigenvalue weighted by Gasteiger charge is -1.87. The molecule has 2 heteroatoms. The molecule has 0 aromatic heterocycles. The maximum Gasteiger partial charge on any atom is 0.384 e. The summed E-state index contributed by atoms with van der Waals surface area (Å²) in [7, 11) is 1.30. The van der Waals surface area contributed by atoms with Crippen molar-refractivity contribution < 1.29 is 9.53 Å². The Hall–Kier alpha value is -2.01. The van der Waals surface area contributed by atoms with Gasteiger partial charge in [-0.1, -0.05) is 36.3 Å². The fourth-order valence-corrected chi connectivity index (χ4v) is 0.854. The number of rotatable bonds is 1. The van der Waals surface area contributed by atoms with Gasteiger partial charge in [-0.25, -0.2) is 4.79 Å². The van der Waals surface area contributed by atoms with Gasteiger partial charge in [-0.05, 0) is 17.7 Å². The number of methoxy groups -OCH3 is 1. The third kappa shape index (κ3) is 3.59. The summed E-state index contributed by atoms with van der Waals surface area (Å²) in [5.41, 5.74) is 1.05. The molecule has 0 unspecified atom stereocenters. The van der Waals surface area contributed by atoms with Crippen LogP contribution in [0.25, 0.3) is 6.08 Å². The molecule has 0 N–H and O–H groups in total. The number of ether oxygens (including phenoxy) is 1. The zero-order valence-electron chi connectivity index (χ0n) is 7.86. The molecule has 0 saturated carbocycles. The molecule has 0 aliphatic rings. The summed E-state index contributed by atoms with van der Waals surface area (Å²) in [6.07, 6.45) is 3.45. The van der Waals surface area contributed by atoms with E-state index in [0.717, 1.165) is 5.56 Å². The van der Waals surface area contributed by atoms with Gasteiger partial charge in [-0.15, -0.1) is 0 Å². The van der Waals surface area contributed by atoms with Crippen LogP contribution in [0.4, 0.5) is 0 Å². The minimum atomic E-state index is -0.525. The molecule has 0 radical (unpaired) electrons. The van der Waals surface area contributed by atoms with Crippen LogP contribution in [0.15, 0.2) is 36.4 Å². The Labute approximate surface area is 83.2 Å². The molecule has 0 saturated heterocycles. The highest BCUT2D eigenvalue weighted by Crippen LogP contribution is 1.99. The number of hydrogen-bond donors (Lipinski definition) is 0. The molecule has 2 nitrogen and oxygen atoms in total. The second-order valence-electron chi connectivity index (χ2n) is 2.50. The Kier molecular flexibility index (Phi) is 4.03. The molecule has 0 bridgehead atoms. The summed E-state index contributed by atoms with van der Waals surface area (Å²) in [5.74, 6) is 4.36. The zero-order valence-corrected chi connectivity index (χ0v) is 7.86. The van der Waals surface area contributed by atoms with Crippen LogP contribution < -0.4 is 0 Å². The lowest BCUT2D eigenvalue weighted by atomic mass is 10.2. The van der Waals surface area contributed by atoms with Crippen LogP contribution >= 0.6 is 0 Å². The smallest absolute Gasteiger partial charge is 0.384 e. The number of esters is 1. The van der Waals surface area contributed by atoms with E-state index in [4.69, 9.17) is 0 Å². The number of benzene rings is 1. The van der Waals surface area contributed by atoms with Crippen molar-refractivity contribution in [3.63, 3.8) is 0 Å². The Bertz CT molecular complexity index is 380. The van der Waals surface area contributed by atoms with Crippen molar-refractivity contribution in [1.29, 1.82) is 0 Å². The first-order chi connectivity index (χ1) is 6.83. The molecule has 1 rings (SSSR count). The molecule has 0 heterocycles. The Morgan fingerprint density at radius 1 is 1.36 bits per heavy atom. The lowest BCUT2D eigenvalue weighted by Crippen LogP contribution is -1.93. The van der Waals surface area contributed by atoms with E-state index in [1.54, 1.807) is 6.08 Å². The minimum absolute atomic E-state index is 0.525. The quantitative estimate of drug-likeness (QED) is 0.380. The average molecular weight is 186 g/mol. The van der Waals surface area contributed by atoms with Gasteiger partial charge in [0.2, 0.25) is 0 Å². The molecule has 1 aromatic carbocycles. The van der Waals surface area contributed by atoms with E-state index in [-0.39, 0.29) is 0 Å². The van der Waals surface area contributed by atoms with E-state index in [2.05, 4.69) is 16.6 Å². The SMILES string of the molecule is COC(=O)C#C/C=C\c1ccccc1. The second kappa shape index (κ2) is 5.60. The van der Waals surface area contributed by atoms with Gasteiger partial charge in [0.15, 0.2) is 0 Å². The van der Waals surface area contributed by atoms with Gasteiger partial charge >= 0.3 is 5.97 Å². The maximum absolute atomic E-state index is 10.6. The van der Waals surface area contributed by atoms with E-state index in [9.17, 15) is 4.79 Å². The second-order valence-corrected chi connectivity index (χ2v) is 2.50. The molecule has 14 heavy (non-hydrogen) atoms. The predicted molar refractivity (Wildman–Crippen MR) is 55.3 cm³/mol. The molecule has 0 atom stereocenters. The number of carbonyl (C=O) groups excluding carboxylic acids is 1. The first kappa shape index (κ1) is 10.1. The molecular weight excluding hydrogens is 176 g/mol. The summed E-state index contributed by atoms with van der Waals surface area (Å²) in [4.78, 5) is 10.6. The highest BCUT2D eigenvalue weighted by Gasteiger charge is 1.86. The summed E-state index contributed by atoms with van der Waals surface area (Å²) >= 11 is 0.